The zero-order valence-corrected chi connectivity index (χ0v) is 17.7. The van der Waals surface area contributed by atoms with Crippen LogP contribution in [0.15, 0.2) is 53.4 Å². The summed E-state index contributed by atoms with van der Waals surface area (Å²) in [5.74, 6) is -0.557. The molecule has 1 aliphatic rings. The van der Waals surface area contributed by atoms with Gasteiger partial charge in [-0.3, -0.25) is 14.9 Å². The van der Waals surface area contributed by atoms with Crippen molar-refractivity contribution in [3.05, 3.63) is 63.7 Å². The van der Waals surface area contributed by atoms with Crippen molar-refractivity contribution in [3.8, 4) is 0 Å². The summed E-state index contributed by atoms with van der Waals surface area (Å²) in [6, 6.07) is 11.1. The van der Waals surface area contributed by atoms with Crippen molar-refractivity contribution in [2.45, 2.75) is 43.0 Å². The summed E-state index contributed by atoms with van der Waals surface area (Å²) in [5, 5.41) is 13.9. The predicted molar refractivity (Wildman–Crippen MR) is 114 cm³/mol. The average Bonchev–Trinajstić information content (AvgIpc) is 2.73. The van der Waals surface area contributed by atoms with Crippen molar-refractivity contribution in [3.63, 3.8) is 0 Å². The first-order valence-electron chi connectivity index (χ1n) is 9.59. The molecule has 1 aliphatic carbocycles. The molecule has 1 saturated carbocycles. The number of nitro groups is 1. The lowest BCUT2D eigenvalue weighted by Crippen LogP contribution is -2.45. The van der Waals surface area contributed by atoms with Crippen LogP contribution in [0.25, 0.3) is 0 Å². The van der Waals surface area contributed by atoms with Gasteiger partial charge in [0.25, 0.3) is 5.69 Å². The minimum absolute atomic E-state index is 0.0700. The lowest BCUT2D eigenvalue weighted by Gasteiger charge is -2.33. The number of nitro benzene ring substituents is 1. The highest BCUT2D eigenvalue weighted by molar-refractivity contribution is 7.89. The van der Waals surface area contributed by atoms with Crippen molar-refractivity contribution >= 4 is 38.9 Å². The fourth-order valence-corrected chi connectivity index (χ4v) is 5.33. The molecule has 160 valence electrons. The first kappa shape index (κ1) is 22.2. The van der Waals surface area contributed by atoms with Gasteiger partial charge < -0.3 is 5.32 Å². The Labute approximate surface area is 180 Å². The van der Waals surface area contributed by atoms with Gasteiger partial charge in [-0.25, -0.2) is 8.42 Å². The summed E-state index contributed by atoms with van der Waals surface area (Å²) >= 11 is 5.88. The Morgan fingerprint density at radius 2 is 1.80 bits per heavy atom. The van der Waals surface area contributed by atoms with Crippen LogP contribution in [0.1, 0.15) is 32.1 Å². The van der Waals surface area contributed by atoms with Gasteiger partial charge in [-0.05, 0) is 43.2 Å². The van der Waals surface area contributed by atoms with Gasteiger partial charge in [0.15, 0.2) is 0 Å². The van der Waals surface area contributed by atoms with Crippen molar-refractivity contribution in [1.82, 2.24) is 4.31 Å². The van der Waals surface area contributed by atoms with E-state index in [9.17, 15) is 23.3 Å². The molecule has 1 N–H and O–H groups in total. The Kier molecular flexibility index (Phi) is 7.06. The molecule has 0 heterocycles. The second-order valence-electron chi connectivity index (χ2n) is 7.15. The van der Waals surface area contributed by atoms with Crippen LogP contribution in [0, 0.1) is 10.1 Å². The first-order chi connectivity index (χ1) is 14.3. The fraction of sp³-hybridized carbons (Fsp3) is 0.350. The molecule has 0 atom stereocenters. The molecule has 8 nitrogen and oxygen atoms in total. The summed E-state index contributed by atoms with van der Waals surface area (Å²) in [4.78, 5) is 23.1. The van der Waals surface area contributed by atoms with Gasteiger partial charge in [0.1, 0.15) is 0 Å². The van der Waals surface area contributed by atoms with E-state index in [-0.39, 0.29) is 28.9 Å². The van der Waals surface area contributed by atoms with Crippen LogP contribution >= 0.6 is 11.6 Å². The van der Waals surface area contributed by atoms with E-state index in [2.05, 4.69) is 5.32 Å². The average molecular weight is 452 g/mol. The zero-order valence-electron chi connectivity index (χ0n) is 16.2. The number of anilines is 1. The second kappa shape index (κ2) is 9.55. The lowest BCUT2D eigenvalue weighted by atomic mass is 9.95. The molecule has 3 rings (SSSR count). The summed E-state index contributed by atoms with van der Waals surface area (Å²) in [6.07, 6.45) is 4.17. The van der Waals surface area contributed by atoms with E-state index in [0.29, 0.717) is 17.9 Å². The van der Waals surface area contributed by atoms with Gasteiger partial charge in [0, 0.05) is 28.9 Å². The van der Waals surface area contributed by atoms with Gasteiger partial charge >= 0.3 is 0 Å². The molecule has 30 heavy (non-hydrogen) atoms. The summed E-state index contributed by atoms with van der Waals surface area (Å²) < 4.78 is 27.8. The topological polar surface area (TPSA) is 110 Å². The third-order valence-corrected chi connectivity index (χ3v) is 7.21. The van der Waals surface area contributed by atoms with Crippen LogP contribution in [0.2, 0.25) is 5.02 Å². The number of hydrogen-bond donors (Lipinski definition) is 1. The molecule has 2 aromatic carbocycles. The molecule has 0 spiro atoms. The van der Waals surface area contributed by atoms with Crippen molar-refractivity contribution in [2.75, 3.05) is 11.9 Å². The fourth-order valence-electron chi connectivity index (χ4n) is 3.56. The summed E-state index contributed by atoms with van der Waals surface area (Å²) in [7, 11) is -3.92. The second-order valence-corrected chi connectivity index (χ2v) is 9.48. The Hall–Kier alpha value is -2.49. The molecular formula is C20H22ClN3O5S. The minimum Gasteiger partial charge on any atom is -0.325 e. The zero-order chi connectivity index (χ0) is 21.7. The van der Waals surface area contributed by atoms with E-state index in [0.717, 1.165) is 19.3 Å². The molecule has 10 heteroatoms. The summed E-state index contributed by atoms with van der Waals surface area (Å²) in [5.41, 5.74) is 0.0763. The highest BCUT2D eigenvalue weighted by Gasteiger charge is 2.34. The molecular weight excluding hydrogens is 430 g/mol. The Bertz CT molecular complexity index is 1020. The lowest BCUT2D eigenvalue weighted by molar-refractivity contribution is -0.384. The third-order valence-electron chi connectivity index (χ3n) is 5.04. The number of amides is 1. The van der Waals surface area contributed by atoms with Crippen molar-refractivity contribution in [2.24, 2.45) is 0 Å². The molecule has 0 bridgehead atoms. The number of nitrogens with zero attached hydrogens (tertiary/aromatic N) is 2. The van der Waals surface area contributed by atoms with E-state index >= 15 is 0 Å². The van der Waals surface area contributed by atoms with Crippen LogP contribution in [-0.4, -0.2) is 36.1 Å². The molecule has 2 aromatic rings. The smallest absolute Gasteiger partial charge is 0.271 e. The largest absolute Gasteiger partial charge is 0.325 e. The van der Waals surface area contributed by atoms with Gasteiger partial charge in [-0.2, -0.15) is 4.31 Å². The number of rotatable bonds is 7. The SMILES string of the molecule is O=C(CN(C1CCCCC1)S(=O)(=O)c1ccc(Cl)cc1)Nc1cccc([N+](=O)[O-])c1. The number of carbonyl (C=O) groups excluding carboxylic acids is 1. The number of halogens is 1. The first-order valence-corrected chi connectivity index (χ1v) is 11.4. The maximum absolute atomic E-state index is 13.3. The predicted octanol–water partition coefficient (Wildman–Crippen LogP) is 4.21. The van der Waals surface area contributed by atoms with E-state index in [1.165, 1.54) is 52.8 Å². The van der Waals surface area contributed by atoms with Gasteiger partial charge in [0.05, 0.1) is 16.4 Å². The maximum atomic E-state index is 13.3. The van der Waals surface area contributed by atoms with Crippen LogP contribution in [-0.2, 0) is 14.8 Å². The van der Waals surface area contributed by atoms with Crippen LogP contribution in [0.4, 0.5) is 11.4 Å². The minimum atomic E-state index is -3.92. The highest BCUT2D eigenvalue weighted by Crippen LogP contribution is 2.28. The van der Waals surface area contributed by atoms with E-state index < -0.39 is 20.9 Å². The molecule has 0 aromatic heterocycles. The number of non-ortho nitro benzene ring substituents is 1. The molecule has 1 fully saturated rings. The van der Waals surface area contributed by atoms with Gasteiger partial charge in [-0.15, -0.1) is 0 Å². The number of sulfonamides is 1. The van der Waals surface area contributed by atoms with Gasteiger partial charge in [-0.1, -0.05) is 36.9 Å². The summed E-state index contributed by atoms with van der Waals surface area (Å²) in [6.45, 7) is -0.377. The highest BCUT2D eigenvalue weighted by atomic mass is 35.5. The van der Waals surface area contributed by atoms with E-state index in [1.807, 2.05) is 0 Å². The number of nitrogens with one attached hydrogen (secondary N) is 1. The number of hydrogen-bond acceptors (Lipinski definition) is 5. The maximum Gasteiger partial charge on any atom is 0.271 e. The monoisotopic (exact) mass is 451 g/mol. The van der Waals surface area contributed by atoms with Crippen molar-refractivity contribution in [1.29, 1.82) is 0 Å². The molecule has 0 unspecified atom stereocenters. The van der Waals surface area contributed by atoms with E-state index in [4.69, 9.17) is 11.6 Å². The molecule has 0 radical (unpaired) electrons. The Balaban J connectivity index is 1.83. The quantitative estimate of drug-likeness (QED) is 0.500. The third kappa shape index (κ3) is 5.35. The number of carbonyl (C=O) groups is 1. The van der Waals surface area contributed by atoms with Crippen LogP contribution in [0.3, 0.4) is 0 Å². The van der Waals surface area contributed by atoms with E-state index in [1.54, 1.807) is 0 Å². The molecule has 1 amide bonds. The van der Waals surface area contributed by atoms with Crippen LogP contribution in [0.5, 0.6) is 0 Å². The Morgan fingerprint density at radius 1 is 1.13 bits per heavy atom. The van der Waals surface area contributed by atoms with Crippen LogP contribution < -0.4 is 5.32 Å². The van der Waals surface area contributed by atoms with Crippen molar-refractivity contribution < 1.29 is 18.1 Å². The number of benzene rings is 2. The standard InChI is InChI=1S/C20H22ClN3O5S/c21-15-9-11-19(12-10-15)30(28,29)23(17-6-2-1-3-7-17)14-20(25)22-16-5-4-8-18(13-16)24(26)27/h4-5,8-13,17H,1-3,6-7,14H2,(H,22,25). The molecule has 0 saturated heterocycles. The molecule has 0 aliphatic heterocycles. The Morgan fingerprint density at radius 3 is 2.43 bits per heavy atom. The van der Waals surface area contributed by atoms with Gasteiger partial charge in [0.2, 0.25) is 15.9 Å². The normalized spacial score (nSPS) is 15.1.